The lowest BCUT2D eigenvalue weighted by molar-refractivity contribution is -0.129. The van der Waals surface area contributed by atoms with E-state index in [-0.39, 0.29) is 35.9 Å². The van der Waals surface area contributed by atoms with Crippen molar-refractivity contribution in [2.24, 2.45) is 10.9 Å². The number of amides is 1. The van der Waals surface area contributed by atoms with E-state index in [1.807, 2.05) is 32.7 Å². The second kappa shape index (κ2) is 11.9. The Morgan fingerprint density at radius 2 is 1.97 bits per heavy atom. The van der Waals surface area contributed by atoms with Crippen molar-refractivity contribution < 1.29 is 9.21 Å². The number of nitrogens with zero attached hydrogens (tertiary/aromatic N) is 4. The molecule has 1 amide bonds. The van der Waals surface area contributed by atoms with Crippen molar-refractivity contribution >= 4 is 35.8 Å². The largest absolute Gasteiger partial charge is 0.444 e. The number of hydrogen-bond donors (Lipinski definition) is 2. The molecule has 1 aromatic heterocycles. The molecule has 2 aliphatic heterocycles. The molecule has 1 aromatic rings. The Hall–Kier alpha value is -1.36. The van der Waals surface area contributed by atoms with E-state index in [1.54, 1.807) is 0 Å². The van der Waals surface area contributed by atoms with Crippen LogP contribution in [-0.2, 0) is 11.3 Å². The van der Waals surface area contributed by atoms with Crippen LogP contribution in [-0.4, -0.2) is 72.5 Å². The summed E-state index contributed by atoms with van der Waals surface area (Å²) < 4.78 is 5.72. The van der Waals surface area contributed by atoms with Crippen molar-refractivity contribution in [2.75, 3.05) is 39.8 Å². The molecule has 3 rings (SSSR count). The van der Waals surface area contributed by atoms with Gasteiger partial charge in [-0.3, -0.25) is 14.7 Å². The molecule has 30 heavy (non-hydrogen) atoms. The van der Waals surface area contributed by atoms with E-state index in [2.05, 4.69) is 25.5 Å². The van der Waals surface area contributed by atoms with E-state index in [1.165, 1.54) is 0 Å². The predicted octanol–water partition coefficient (Wildman–Crippen LogP) is 2.30. The van der Waals surface area contributed by atoms with Crippen LogP contribution in [0.1, 0.15) is 50.0 Å². The van der Waals surface area contributed by atoms with Gasteiger partial charge in [0, 0.05) is 39.1 Å². The number of aromatic nitrogens is 1. The summed E-state index contributed by atoms with van der Waals surface area (Å²) in [6.07, 6.45) is 3.87. The van der Waals surface area contributed by atoms with Crippen LogP contribution in [0.5, 0.6) is 0 Å². The monoisotopic (exact) mass is 532 g/mol. The topological polar surface area (TPSA) is 86.0 Å². The van der Waals surface area contributed by atoms with Crippen LogP contribution >= 0.6 is 24.0 Å². The Morgan fingerprint density at radius 3 is 2.57 bits per heavy atom. The molecule has 1 atom stereocenters. The normalized spacial score (nSPS) is 20.9. The van der Waals surface area contributed by atoms with E-state index in [0.717, 1.165) is 81.8 Å². The maximum absolute atomic E-state index is 11.8. The molecule has 0 aliphatic carbocycles. The van der Waals surface area contributed by atoms with Crippen molar-refractivity contribution in [1.29, 1.82) is 0 Å². The molecule has 2 N–H and O–H groups in total. The van der Waals surface area contributed by atoms with Gasteiger partial charge in [0.05, 0.1) is 12.2 Å². The zero-order valence-electron chi connectivity index (χ0n) is 18.7. The zero-order chi connectivity index (χ0) is 20.8. The van der Waals surface area contributed by atoms with E-state index in [0.29, 0.717) is 12.3 Å². The summed E-state index contributed by atoms with van der Waals surface area (Å²) in [7, 11) is 1.81. The number of likely N-dealkylation sites (tertiary alicyclic amines) is 2. The molecule has 2 aliphatic rings. The van der Waals surface area contributed by atoms with E-state index < -0.39 is 0 Å². The summed E-state index contributed by atoms with van der Waals surface area (Å²) >= 11 is 0. The highest BCUT2D eigenvalue weighted by atomic mass is 127. The minimum absolute atomic E-state index is 0. The van der Waals surface area contributed by atoms with Crippen LogP contribution in [0.15, 0.2) is 9.41 Å². The molecule has 8 nitrogen and oxygen atoms in total. The molecule has 170 valence electrons. The minimum atomic E-state index is 0. The lowest BCUT2D eigenvalue weighted by Gasteiger charge is -2.31. The van der Waals surface area contributed by atoms with Gasteiger partial charge < -0.3 is 20.0 Å². The van der Waals surface area contributed by atoms with Gasteiger partial charge in [0.1, 0.15) is 5.76 Å². The summed E-state index contributed by atoms with van der Waals surface area (Å²) in [6.45, 7) is 11.3. The molecule has 2 fully saturated rings. The average Bonchev–Trinajstić information content (AvgIpc) is 3.31. The smallest absolute Gasteiger partial charge is 0.222 e. The molecule has 9 heteroatoms. The third-order valence-corrected chi connectivity index (χ3v) is 6.10. The fourth-order valence-corrected chi connectivity index (χ4v) is 4.10. The molecule has 0 radical (unpaired) electrons. The number of aliphatic imine (C=N–C) groups is 1. The van der Waals surface area contributed by atoms with Crippen LogP contribution in [0, 0.1) is 19.8 Å². The minimum Gasteiger partial charge on any atom is -0.444 e. The van der Waals surface area contributed by atoms with Gasteiger partial charge in [-0.15, -0.1) is 24.0 Å². The number of nitrogens with one attached hydrogen (secondary N) is 2. The molecule has 0 spiro atoms. The number of guanidine groups is 1. The quantitative estimate of drug-likeness (QED) is 0.332. The van der Waals surface area contributed by atoms with Crippen LogP contribution in [0.4, 0.5) is 0 Å². The van der Waals surface area contributed by atoms with Crippen LogP contribution < -0.4 is 10.6 Å². The number of oxazole rings is 1. The van der Waals surface area contributed by atoms with Gasteiger partial charge >= 0.3 is 0 Å². The van der Waals surface area contributed by atoms with Gasteiger partial charge in [0.2, 0.25) is 11.8 Å². The summed E-state index contributed by atoms with van der Waals surface area (Å²) in [5, 5.41) is 6.96. The van der Waals surface area contributed by atoms with Crippen molar-refractivity contribution in [3.05, 3.63) is 17.3 Å². The van der Waals surface area contributed by atoms with Crippen molar-refractivity contribution in [1.82, 2.24) is 25.4 Å². The first-order valence-corrected chi connectivity index (χ1v) is 10.9. The number of hydrogen-bond acceptors (Lipinski definition) is 5. The molecule has 0 aromatic carbocycles. The number of aryl methyl sites for hydroxylation is 2. The summed E-state index contributed by atoms with van der Waals surface area (Å²) in [6, 6.07) is 0.284. The standard InChI is InChI=1S/C21H36N6O2.HI/c1-5-20(28)27-11-8-18(13-27)25-21(22-4)23-12-17-6-9-26(10-7-17)14-19-24-15(2)16(3)29-19;/h17-18H,5-14H2,1-4H3,(H2,22,23,25);1H. The van der Waals surface area contributed by atoms with Crippen LogP contribution in [0.3, 0.4) is 0 Å². The maximum atomic E-state index is 11.8. The summed E-state index contributed by atoms with van der Waals surface area (Å²) in [5.74, 6) is 3.46. The fraction of sp³-hybridized carbons (Fsp3) is 0.762. The van der Waals surface area contributed by atoms with Gasteiger partial charge in [-0.25, -0.2) is 4.98 Å². The van der Waals surface area contributed by atoms with Crippen molar-refractivity contribution in [3.63, 3.8) is 0 Å². The second-order valence-corrected chi connectivity index (χ2v) is 8.25. The van der Waals surface area contributed by atoms with Crippen molar-refractivity contribution in [3.8, 4) is 0 Å². The Kier molecular flexibility index (Phi) is 9.86. The number of carbonyl (C=O) groups is 1. The first kappa shape index (κ1) is 24.9. The third kappa shape index (κ3) is 6.83. The number of carbonyl (C=O) groups excluding carboxylic acids is 1. The second-order valence-electron chi connectivity index (χ2n) is 8.25. The first-order chi connectivity index (χ1) is 14.0. The SMILES string of the molecule is CCC(=O)N1CCC(NC(=NC)NCC2CCN(Cc3nc(C)c(C)o3)CC2)C1.I. The van der Waals surface area contributed by atoms with E-state index in [9.17, 15) is 4.79 Å². The fourth-order valence-electron chi connectivity index (χ4n) is 4.10. The Morgan fingerprint density at radius 1 is 1.23 bits per heavy atom. The number of piperidine rings is 1. The van der Waals surface area contributed by atoms with Gasteiger partial charge in [-0.1, -0.05) is 6.92 Å². The van der Waals surface area contributed by atoms with E-state index in [4.69, 9.17) is 4.42 Å². The van der Waals surface area contributed by atoms with Crippen LogP contribution in [0.2, 0.25) is 0 Å². The molecule has 2 saturated heterocycles. The highest BCUT2D eigenvalue weighted by Crippen LogP contribution is 2.19. The molecule has 0 saturated carbocycles. The van der Waals surface area contributed by atoms with E-state index >= 15 is 0 Å². The Balaban J connectivity index is 0.00000320. The van der Waals surface area contributed by atoms with Crippen molar-refractivity contribution in [2.45, 2.75) is 59.0 Å². The van der Waals surface area contributed by atoms with Gasteiger partial charge in [0.15, 0.2) is 5.96 Å². The molecular formula is C21H37IN6O2. The molecular weight excluding hydrogens is 495 g/mol. The summed E-state index contributed by atoms with van der Waals surface area (Å²) in [5.41, 5.74) is 0.988. The van der Waals surface area contributed by atoms with Gasteiger partial charge in [0.25, 0.3) is 0 Å². The van der Waals surface area contributed by atoms with Gasteiger partial charge in [-0.05, 0) is 52.1 Å². The average molecular weight is 532 g/mol. The first-order valence-electron chi connectivity index (χ1n) is 10.9. The highest BCUT2D eigenvalue weighted by Gasteiger charge is 2.26. The molecule has 3 heterocycles. The summed E-state index contributed by atoms with van der Waals surface area (Å²) in [4.78, 5) is 25.1. The van der Waals surface area contributed by atoms with Gasteiger partial charge in [-0.2, -0.15) is 0 Å². The Bertz CT molecular complexity index is 695. The zero-order valence-corrected chi connectivity index (χ0v) is 21.1. The lowest BCUT2D eigenvalue weighted by atomic mass is 9.97. The van der Waals surface area contributed by atoms with Crippen LogP contribution in [0.25, 0.3) is 0 Å². The Labute approximate surface area is 197 Å². The number of rotatable bonds is 6. The highest BCUT2D eigenvalue weighted by molar-refractivity contribution is 14.0. The number of halogens is 1. The maximum Gasteiger partial charge on any atom is 0.222 e. The predicted molar refractivity (Wildman–Crippen MR) is 129 cm³/mol. The lowest BCUT2D eigenvalue weighted by Crippen LogP contribution is -2.47. The molecule has 0 bridgehead atoms. The third-order valence-electron chi connectivity index (χ3n) is 6.10. The molecule has 1 unspecified atom stereocenters.